The van der Waals surface area contributed by atoms with Gasteiger partial charge < -0.3 is 9.79 Å². The van der Waals surface area contributed by atoms with Crippen LogP contribution in [0.3, 0.4) is 0 Å². The largest absolute Gasteiger partial charge is 0.484 e. The standard InChI is InChI=1S/C4H9ClO7P2/c5-3-4-1-2-10-14(9,11-4)12-13(6,7)8/h4H,1-3H2,(H2,6,7,8). The highest BCUT2D eigenvalue weighted by molar-refractivity contribution is 7.61. The van der Waals surface area contributed by atoms with E-state index in [2.05, 4.69) is 13.4 Å². The van der Waals surface area contributed by atoms with Crippen LogP contribution >= 0.6 is 27.2 Å². The molecule has 14 heavy (non-hydrogen) atoms. The van der Waals surface area contributed by atoms with Crippen molar-refractivity contribution in [3.63, 3.8) is 0 Å². The van der Waals surface area contributed by atoms with Crippen LogP contribution in [0.15, 0.2) is 0 Å². The topological polar surface area (TPSA) is 102 Å². The van der Waals surface area contributed by atoms with E-state index in [1.807, 2.05) is 0 Å². The van der Waals surface area contributed by atoms with E-state index in [1.165, 1.54) is 0 Å². The Morgan fingerprint density at radius 3 is 2.79 bits per heavy atom. The molecule has 1 heterocycles. The summed E-state index contributed by atoms with van der Waals surface area (Å²) in [6.45, 7) is 0.0225. The molecule has 0 saturated carbocycles. The highest BCUT2D eigenvalue weighted by atomic mass is 35.5. The number of phosphoric ester groups is 1. The number of rotatable bonds is 3. The Morgan fingerprint density at radius 1 is 1.64 bits per heavy atom. The van der Waals surface area contributed by atoms with Crippen molar-refractivity contribution in [1.82, 2.24) is 0 Å². The Morgan fingerprint density at radius 2 is 2.29 bits per heavy atom. The monoisotopic (exact) mass is 266 g/mol. The Kier molecular flexibility index (Phi) is 4.14. The van der Waals surface area contributed by atoms with Crippen molar-refractivity contribution in [1.29, 1.82) is 0 Å². The smallest absolute Gasteiger partial charge is 0.302 e. The first-order valence-corrected chi connectivity index (χ1v) is 7.13. The van der Waals surface area contributed by atoms with Crippen molar-refractivity contribution < 1.29 is 32.3 Å². The molecule has 1 aliphatic heterocycles. The second-order valence-electron chi connectivity index (χ2n) is 2.52. The normalized spacial score (nSPS) is 34.4. The summed E-state index contributed by atoms with van der Waals surface area (Å²) in [7, 11) is -9.05. The molecule has 1 saturated heterocycles. The zero-order valence-electron chi connectivity index (χ0n) is 6.91. The van der Waals surface area contributed by atoms with Crippen molar-refractivity contribution in [3.8, 4) is 0 Å². The van der Waals surface area contributed by atoms with Gasteiger partial charge in [-0.25, -0.2) is 9.13 Å². The van der Waals surface area contributed by atoms with Crippen LogP contribution in [0.5, 0.6) is 0 Å². The van der Waals surface area contributed by atoms with E-state index in [-0.39, 0.29) is 12.5 Å². The van der Waals surface area contributed by atoms with Crippen molar-refractivity contribution in [2.24, 2.45) is 0 Å². The van der Waals surface area contributed by atoms with E-state index in [0.717, 1.165) is 0 Å². The molecule has 1 fully saturated rings. The van der Waals surface area contributed by atoms with Gasteiger partial charge in [0.15, 0.2) is 0 Å². The number of alkyl halides is 1. The Balaban J connectivity index is 2.65. The molecule has 0 radical (unpaired) electrons. The second-order valence-corrected chi connectivity index (χ2v) is 5.83. The summed E-state index contributed by atoms with van der Waals surface area (Å²) in [5.41, 5.74) is 0. The van der Waals surface area contributed by atoms with Crippen LogP contribution in [-0.4, -0.2) is 28.4 Å². The molecular formula is C4H9ClO7P2. The molecule has 0 aromatic carbocycles. The molecule has 0 amide bonds. The molecule has 1 aliphatic rings. The van der Waals surface area contributed by atoms with Crippen molar-refractivity contribution >= 4 is 27.2 Å². The molecule has 2 atom stereocenters. The third-order valence-electron chi connectivity index (χ3n) is 1.35. The average Bonchev–Trinajstić information content (AvgIpc) is 1.99. The van der Waals surface area contributed by atoms with Gasteiger partial charge in [0.25, 0.3) is 0 Å². The van der Waals surface area contributed by atoms with Crippen LogP contribution in [0.2, 0.25) is 0 Å². The SMILES string of the molecule is O=P(O)(O)OP1(=O)OCCC(CCl)O1. The zero-order valence-corrected chi connectivity index (χ0v) is 9.45. The number of hydrogen-bond acceptors (Lipinski definition) is 5. The fraction of sp³-hybridized carbons (Fsp3) is 1.00. The Labute approximate surface area is 85.2 Å². The van der Waals surface area contributed by atoms with Gasteiger partial charge in [-0.2, -0.15) is 4.31 Å². The highest BCUT2D eigenvalue weighted by Crippen LogP contribution is 2.63. The minimum atomic E-state index is -4.89. The highest BCUT2D eigenvalue weighted by Gasteiger charge is 2.40. The number of phosphoric acid groups is 2. The van der Waals surface area contributed by atoms with E-state index in [0.29, 0.717) is 6.42 Å². The molecule has 0 aliphatic carbocycles. The first-order valence-electron chi connectivity index (χ1n) is 3.60. The average molecular weight is 267 g/mol. The van der Waals surface area contributed by atoms with Crippen LogP contribution in [0.4, 0.5) is 0 Å². The Hall–Kier alpha value is 0.550. The van der Waals surface area contributed by atoms with E-state index in [4.69, 9.17) is 21.4 Å². The molecule has 2 N–H and O–H groups in total. The van der Waals surface area contributed by atoms with E-state index < -0.39 is 21.7 Å². The van der Waals surface area contributed by atoms with Gasteiger partial charge in [0.2, 0.25) is 0 Å². The predicted molar refractivity (Wildman–Crippen MR) is 46.9 cm³/mol. The summed E-state index contributed by atoms with van der Waals surface area (Å²) < 4.78 is 34.9. The maximum absolute atomic E-state index is 11.4. The first-order chi connectivity index (χ1) is 6.35. The summed E-state index contributed by atoms with van der Waals surface area (Å²) in [6, 6.07) is 0. The Bertz CT molecular complexity index is 287. The molecule has 0 spiro atoms. The van der Waals surface area contributed by atoms with Crippen molar-refractivity contribution in [2.45, 2.75) is 12.5 Å². The van der Waals surface area contributed by atoms with Gasteiger partial charge in [0.05, 0.1) is 12.7 Å². The van der Waals surface area contributed by atoms with E-state index >= 15 is 0 Å². The van der Waals surface area contributed by atoms with Crippen LogP contribution in [0, 0.1) is 0 Å². The van der Waals surface area contributed by atoms with Crippen LogP contribution < -0.4 is 0 Å². The lowest BCUT2D eigenvalue weighted by Gasteiger charge is -2.27. The predicted octanol–water partition coefficient (Wildman–Crippen LogP) is 1.25. The number of hydrogen-bond donors (Lipinski definition) is 2. The first kappa shape index (κ1) is 12.6. The summed E-state index contributed by atoms with van der Waals surface area (Å²) in [4.78, 5) is 16.8. The van der Waals surface area contributed by atoms with Crippen molar-refractivity contribution in [2.75, 3.05) is 12.5 Å². The van der Waals surface area contributed by atoms with Crippen LogP contribution in [0.25, 0.3) is 0 Å². The molecule has 1 rings (SSSR count). The molecule has 0 aromatic rings. The fourth-order valence-corrected chi connectivity index (χ4v) is 3.46. The summed E-state index contributed by atoms with van der Waals surface area (Å²) >= 11 is 5.43. The van der Waals surface area contributed by atoms with E-state index in [1.54, 1.807) is 0 Å². The third-order valence-corrected chi connectivity index (χ3v) is 4.40. The van der Waals surface area contributed by atoms with Crippen LogP contribution in [-0.2, 0) is 22.5 Å². The zero-order chi connectivity index (χ0) is 10.8. The minimum Gasteiger partial charge on any atom is -0.302 e. The van der Waals surface area contributed by atoms with Gasteiger partial charge >= 0.3 is 15.6 Å². The maximum atomic E-state index is 11.4. The lowest BCUT2D eigenvalue weighted by molar-refractivity contribution is 0.0565. The lowest BCUT2D eigenvalue weighted by Crippen LogP contribution is -2.22. The van der Waals surface area contributed by atoms with Gasteiger partial charge in [-0.1, -0.05) is 0 Å². The molecular weight excluding hydrogens is 257 g/mol. The lowest BCUT2D eigenvalue weighted by atomic mass is 10.3. The van der Waals surface area contributed by atoms with E-state index in [9.17, 15) is 9.13 Å². The summed E-state index contributed by atoms with van der Waals surface area (Å²) in [6.07, 6.45) is -0.180. The van der Waals surface area contributed by atoms with Gasteiger partial charge in [-0.05, 0) is 6.42 Å². The maximum Gasteiger partial charge on any atom is 0.484 e. The number of halogens is 1. The van der Waals surface area contributed by atoms with Gasteiger partial charge in [-0.15, -0.1) is 11.6 Å². The second kappa shape index (κ2) is 4.60. The molecule has 0 bridgehead atoms. The quantitative estimate of drug-likeness (QED) is 0.585. The molecule has 10 heteroatoms. The van der Waals surface area contributed by atoms with Gasteiger partial charge in [-0.3, -0.25) is 9.05 Å². The van der Waals surface area contributed by atoms with Gasteiger partial charge in [0, 0.05) is 5.88 Å². The van der Waals surface area contributed by atoms with Crippen molar-refractivity contribution in [3.05, 3.63) is 0 Å². The minimum absolute atomic E-state index is 0.0225. The molecule has 0 aromatic heterocycles. The summed E-state index contributed by atoms with van der Waals surface area (Å²) in [5, 5.41) is 0. The molecule has 84 valence electrons. The molecule has 2 unspecified atom stereocenters. The fourth-order valence-electron chi connectivity index (χ4n) is 0.840. The van der Waals surface area contributed by atoms with Crippen LogP contribution in [0.1, 0.15) is 6.42 Å². The third kappa shape index (κ3) is 3.96. The molecule has 7 nitrogen and oxygen atoms in total. The summed E-state index contributed by atoms with van der Waals surface area (Å²) in [5.74, 6) is 0.0534. The van der Waals surface area contributed by atoms with Gasteiger partial charge in [0.1, 0.15) is 0 Å².